The van der Waals surface area contributed by atoms with Crippen LogP contribution >= 0.6 is 0 Å². The Morgan fingerprint density at radius 1 is 0.786 bits per heavy atom. The molecule has 18 nitrogen and oxygen atoms in total. The Morgan fingerprint density at radius 3 is 1.84 bits per heavy atom. The number of amides is 4. The number of ether oxygens (including phenoxy) is 3. The second kappa shape index (κ2) is 17.2. The Bertz CT molecular complexity index is 2040. The van der Waals surface area contributed by atoms with Gasteiger partial charge in [-0.2, -0.15) is 0 Å². The minimum Gasteiger partial charge on any atom is -0.465 e. The number of carbonyl (C=O) groups excluding carboxylic acids is 3. The number of benzene rings is 1. The SMILES string of the molecule is COC(=O)N[C@H](C(=O)N1CCC[C@H]1c1ncc(-c2cnc(-c3ccc(-c4cnc([C@@H]5CCCN5C(=O)[C@@H](NC(=O)O)[C@@H](C)OC)[nH]4)c(F)c3)nc2)[nH]1)[C@@H](C)OC. The molecular formula is C37H45FN10O8. The maximum atomic E-state index is 15.6. The van der Waals surface area contributed by atoms with Crippen LogP contribution in [0.25, 0.3) is 33.9 Å². The van der Waals surface area contributed by atoms with Gasteiger partial charge in [0.2, 0.25) is 11.8 Å². The van der Waals surface area contributed by atoms with E-state index in [0.717, 1.165) is 6.42 Å². The molecule has 2 aliphatic rings. The number of aromatic amines is 2. The van der Waals surface area contributed by atoms with Crippen molar-refractivity contribution in [3.63, 3.8) is 0 Å². The molecule has 6 atom stereocenters. The Kier molecular flexibility index (Phi) is 12.2. The molecule has 1 aromatic carbocycles. The summed E-state index contributed by atoms with van der Waals surface area (Å²) in [7, 11) is 4.09. The molecule has 4 amide bonds. The Morgan fingerprint density at radius 2 is 1.32 bits per heavy atom. The van der Waals surface area contributed by atoms with E-state index in [1.807, 2.05) is 0 Å². The standard InChI is InChI=1S/C37H45FN10O8/c1-19(54-3)29(45-36(51)52)34(49)47-12-7-9-28(47)33-42-18-26(44-33)23-11-10-21(14-24(23)38)31-39-15-22(16-40-31)25-17-41-32(43-25)27-8-6-13-48(27)35(50)30(20(2)55-4)46-37(53)56-5/h10-11,14-20,27-30,45H,6-9,12-13H2,1-5H3,(H,41,43)(H,42,44)(H,46,53)(H,51,52)/t19-,20-,27+,28+,29+,30+/m1/s1. The van der Waals surface area contributed by atoms with Gasteiger partial charge in [-0.25, -0.2) is 33.9 Å². The predicted molar refractivity (Wildman–Crippen MR) is 197 cm³/mol. The molecule has 4 aromatic rings. The number of nitrogens with zero attached hydrogens (tertiary/aromatic N) is 6. The highest BCUT2D eigenvalue weighted by atomic mass is 19.1. The molecule has 0 unspecified atom stereocenters. The van der Waals surface area contributed by atoms with Crippen molar-refractivity contribution in [1.82, 2.24) is 50.3 Å². The lowest BCUT2D eigenvalue weighted by Gasteiger charge is -2.30. The van der Waals surface area contributed by atoms with Crippen LogP contribution in [0.5, 0.6) is 0 Å². The average molecular weight is 777 g/mol. The van der Waals surface area contributed by atoms with Crippen LogP contribution in [-0.2, 0) is 23.8 Å². The molecule has 5 heterocycles. The Labute approximate surface area is 321 Å². The smallest absolute Gasteiger partial charge is 0.407 e. The molecule has 0 aliphatic carbocycles. The fourth-order valence-corrected chi connectivity index (χ4v) is 7.12. The third kappa shape index (κ3) is 8.32. The van der Waals surface area contributed by atoms with E-state index in [1.54, 1.807) is 54.4 Å². The number of halogens is 1. The molecular weight excluding hydrogens is 731 g/mol. The van der Waals surface area contributed by atoms with Crippen LogP contribution in [0.15, 0.2) is 43.0 Å². The van der Waals surface area contributed by atoms with Crippen molar-refractivity contribution in [2.24, 2.45) is 0 Å². The monoisotopic (exact) mass is 776 g/mol. The number of hydrogen-bond donors (Lipinski definition) is 5. The van der Waals surface area contributed by atoms with Gasteiger partial charge in [-0.15, -0.1) is 0 Å². The van der Waals surface area contributed by atoms with Gasteiger partial charge in [-0.3, -0.25) is 9.59 Å². The van der Waals surface area contributed by atoms with E-state index in [9.17, 15) is 24.3 Å². The molecule has 2 fully saturated rings. The number of carboxylic acid groups (broad SMARTS) is 1. The molecule has 0 bridgehead atoms. The number of imidazole rings is 2. The lowest BCUT2D eigenvalue weighted by molar-refractivity contribution is -0.138. The normalized spacial score (nSPS) is 19.0. The van der Waals surface area contributed by atoms with E-state index < -0.39 is 54.2 Å². The lowest BCUT2D eigenvalue weighted by Crippen LogP contribution is -2.54. The van der Waals surface area contributed by atoms with E-state index in [-0.39, 0.29) is 17.5 Å². The largest absolute Gasteiger partial charge is 0.465 e. The maximum Gasteiger partial charge on any atom is 0.407 e. The summed E-state index contributed by atoms with van der Waals surface area (Å²) in [5.41, 5.74) is 2.37. The van der Waals surface area contributed by atoms with Crippen molar-refractivity contribution >= 4 is 24.0 Å². The fraction of sp³-hybridized carbons (Fsp3) is 0.459. The molecule has 0 radical (unpaired) electrons. The van der Waals surface area contributed by atoms with Crippen LogP contribution < -0.4 is 10.6 Å². The first kappa shape index (κ1) is 39.7. The molecule has 56 heavy (non-hydrogen) atoms. The quantitative estimate of drug-likeness (QED) is 0.131. The molecule has 298 valence electrons. The maximum absolute atomic E-state index is 15.6. The summed E-state index contributed by atoms with van der Waals surface area (Å²) in [6.45, 7) is 4.19. The van der Waals surface area contributed by atoms with Crippen LogP contribution in [0.3, 0.4) is 0 Å². The van der Waals surface area contributed by atoms with Crippen molar-refractivity contribution in [3.05, 3.63) is 60.5 Å². The number of methoxy groups -OCH3 is 3. The Balaban J connectivity index is 1.13. The van der Waals surface area contributed by atoms with Crippen molar-refractivity contribution in [2.75, 3.05) is 34.4 Å². The zero-order valence-corrected chi connectivity index (χ0v) is 31.6. The molecule has 2 aliphatic heterocycles. The molecule has 0 spiro atoms. The molecule has 3 aromatic heterocycles. The van der Waals surface area contributed by atoms with Crippen molar-refractivity contribution in [2.45, 2.75) is 75.9 Å². The highest BCUT2D eigenvalue weighted by Crippen LogP contribution is 2.35. The summed E-state index contributed by atoms with van der Waals surface area (Å²) < 4.78 is 30.9. The van der Waals surface area contributed by atoms with Gasteiger partial charge in [0.25, 0.3) is 0 Å². The topological polar surface area (TPSA) is 230 Å². The van der Waals surface area contributed by atoms with E-state index >= 15 is 4.39 Å². The van der Waals surface area contributed by atoms with Crippen LogP contribution in [0.4, 0.5) is 14.0 Å². The zero-order chi connectivity index (χ0) is 40.1. The van der Waals surface area contributed by atoms with Crippen molar-refractivity contribution in [3.8, 4) is 33.9 Å². The molecule has 6 rings (SSSR count). The third-order valence-corrected chi connectivity index (χ3v) is 10.3. The van der Waals surface area contributed by atoms with Gasteiger partial charge in [0.15, 0.2) is 5.82 Å². The number of carbonyl (C=O) groups is 4. The van der Waals surface area contributed by atoms with Crippen LogP contribution in [0, 0.1) is 5.82 Å². The van der Waals surface area contributed by atoms with E-state index in [2.05, 4.69) is 40.5 Å². The summed E-state index contributed by atoms with van der Waals surface area (Å²) in [5.74, 6) is 0.0487. The number of aromatic nitrogens is 6. The van der Waals surface area contributed by atoms with E-state index in [0.29, 0.717) is 72.3 Å². The highest BCUT2D eigenvalue weighted by Gasteiger charge is 2.40. The molecule has 5 N–H and O–H groups in total. The second-order valence-electron chi connectivity index (χ2n) is 13.7. The number of nitrogens with one attached hydrogen (secondary N) is 4. The van der Waals surface area contributed by atoms with Gasteiger partial charge in [0.1, 0.15) is 29.5 Å². The first-order chi connectivity index (χ1) is 26.9. The van der Waals surface area contributed by atoms with Gasteiger partial charge in [0, 0.05) is 56.4 Å². The van der Waals surface area contributed by atoms with Gasteiger partial charge in [-0.1, -0.05) is 6.07 Å². The third-order valence-electron chi connectivity index (χ3n) is 10.3. The molecule has 2 saturated heterocycles. The minimum absolute atomic E-state index is 0.256. The summed E-state index contributed by atoms with van der Waals surface area (Å²) in [6.07, 6.45) is 5.65. The highest BCUT2D eigenvalue weighted by molar-refractivity contribution is 5.87. The predicted octanol–water partition coefficient (Wildman–Crippen LogP) is 3.82. The van der Waals surface area contributed by atoms with E-state index in [4.69, 9.17) is 14.2 Å². The number of likely N-dealkylation sites (tertiary alicyclic amines) is 2. The number of hydrogen-bond acceptors (Lipinski definition) is 11. The van der Waals surface area contributed by atoms with Gasteiger partial charge >= 0.3 is 12.2 Å². The van der Waals surface area contributed by atoms with Gasteiger partial charge in [-0.05, 0) is 51.7 Å². The fourth-order valence-electron chi connectivity index (χ4n) is 7.12. The molecule has 0 saturated carbocycles. The molecule has 19 heteroatoms. The van der Waals surface area contributed by atoms with Crippen molar-refractivity contribution in [1.29, 1.82) is 0 Å². The van der Waals surface area contributed by atoms with Gasteiger partial charge in [0.05, 0.1) is 55.2 Å². The first-order valence-electron chi connectivity index (χ1n) is 18.2. The van der Waals surface area contributed by atoms with Gasteiger partial charge < -0.3 is 49.7 Å². The zero-order valence-electron chi connectivity index (χ0n) is 31.6. The average Bonchev–Trinajstić information content (AvgIpc) is 4.05. The minimum atomic E-state index is -1.34. The summed E-state index contributed by atoms with van der Waals surface area (Å²) in [6, 6.07) is 1.76. The Hall–Kier alpha value is -5.95. The lowest BCUT2D eigenvalue weighted by atomic mass is 10.1. The van der Waals surface area contributed by atoms with Crippen LogP contribution in [0.2, 0.25) is 0 Å². The summed E-state index contributed by atoms with van der Waals surface area (Å²) in [5, 5.41) is 14.1. The van der Waals surface area contributed by atoms with E-state index in [1.165, 1.54) is 33.6 Å². The summed E-state index contributed by atoms with van der Waals surface area (Å²) in [4.78, 5) is 78.0. The van der Waals surface area contributed by atoms with Crippen LogP contribution in [-0.4, -0.2) is 128 Å². The number of rotatable bonds is 13. The first-order valence-corrected chi connectivity index (χ1v) is 18.2. The van der Waals surface area contributed by atoms with Crippen molar-refractivity contribution < 1.29 is 42.9 Å². The van der Waals surface area contributed by atoms with Crippen LogP contribution in [0.1, 0.15) is 63.3 Å². The number of H-pyrrole nitrogens is 2. The summed E-state index contributed by atoms with van der Waals surface area (Å²) >= 11 is 0. The number of alkyl carbamates (subject to hydrolysis) is 1. The second-order valence-corrected chi connectivity index (χ2v) is 13.7.